The van der Waals surface area contributed by atoms with Crippen molar-refractivity contribution in [2.45, 2.75) is 57.4 Å². The number of nitrogens with zero attached hydrogens (tertiary/aromatic N) is 1. The highest BCUT2D eigenvalue weighted by molar-refractivity contribution is 4.82. The lowest BCUT2D eigenvalue weighted by molar-refractivity contribution is 0.0818. The molecule has 2 aliphatic rings. The molecule has 2 rings (SSSR count). The Balaban J connectivity index is 1.88. The van der Waals surface area contributed by atoms with Crippen LogP contribution in [0.4, 0.5) is 0 Å². The van der Waals surface area contributed by atoms with E-state index in [1.165, 1.54) is 51.4 Å². The van der Waals surface area contributed by atoms with Gasteiger partial charge in [-0.1, -0.05) is 25.7 Å². The minimum Gasteiger partial charge on any atom is -0.269 e. The topological polar surface area (TPSA) is 29.3 Å². The minimum atomic E-state index is 0.717. The molecular weight excluding hydrogens is 160 g/mol. The predicted octanol–water partition coefficient (Wildman–Crippen LogP) is 2.29. The van der Waals surface area contributed by atoms with Crippen molar-refractivity contribution in [1.29, 1.82) is 0 Å². The summed E-state index contributed by atoms with van der Waals surface area (Å²) in [6, 6.07) is 0.717. The van der Waals surface area contributed by atoms with Crippen molar-refractivity contribution in [2.75, 3.05) is 6.54 Å². The van der Waals surface area contributed by atoms with Crippen molar-refractivity contribution >= 4 is 0 Å². The third-order valence-corrected chi connectivity index (χ3v) is 3.79. The van der Waals surface area contributed by atoms with Crippen LogP contribution in [0.15, 0.2) is 0 Å². The van der Waals surface area contributed by atoms with Crippen molar-refractivity contribution in [2.24, 2.45) is 11.8 Å². The van der Waals surface area contributed by atoms with Crippen LogP contribution in [0.3, 0.4) is 0 Å². The van der Waals surface area contributed by atoms with E-state index in [2.05, 4.69) is 5.01 Å². The van der Waals surface area contributed by atoms with E-state index < -0.39 is 0 Å². The second-order valence-electron chi connectivity index (χ2n) is 4.70. The Morgan fingerprint density at radius 3 is 2.23 bits per heavy atom. The molecule has 2 heteroatoms. The maximum absolute atomic E-state index is 6.04. The fraction of sp³-hybridized carbons (Fsp3) is 1.00. The Labute approximate surface area is 81.4 Å². The monoisotopic (exact) mass is 182 g/mol. The lowest BCUT2D eigenvalue weighted by Crippen LogP contribution is -2.48. The van der Waals surface area contributed by atoms with Crippen LogP contribution in [0.2, 0.25) is 0 Å². The van der Waals surface area contributed by atoms with Gasteiger partial charge < -0.3 is 0 Å². The van der Waals surface area contributed by atoms with Crippen LogP contribution in [0.1, 0.15) is 51.4 Å². The maximum atomic E-state index is 6.04. The van der Waals surface area contributed by atoms with Gasteiger partial charge in [0.1, 0.15) is 0 Å². The highest BCUT2D eigenvalue weighted by atomic mass is 15.4. The first-order valence-corrected chi connectivity index (χ1v) is 5.89. The Hall–Kier alpha value is -0.0800. The lowest BCUT2D eigenvalue weighted by Gasteiger charge is -2.39. The van der Waals surface area contributed by atoms with E-state index in [0.29, 0.717) is 6.04 Å². The molecule has 2 nitrogen and oxygen atoms in total. The summed E-state index contributed by atoms with van der Waals surface area (Å²) in [6.45, 7) is 1.13. The molecule has 1 atom stereocenters. The largest absolute Gasteiger partial charge is 0.269 e. The molecule has 2 N–H and O–H groups in total. The van der Waals surface area contributed by atoms with E-state index >= 15 is 0 Å². The van der Waals surface area contributed by atoms with Crippen molar-refractivity contribution in [3.05, 3.63) is 0 Å². The van der Waals surface area contributed by atoms with Crippen molar-refractivity contribution in [3.8, 4) is 0 Å². The van der Waals surface area contributed by atoms with Gasteiger partial charge in [-0.15, -0.1) is 0 Å². The van der Waals surface area contributed by atoms with Crippen molar-refractivity contribution < 1.29 is 0 Å². The molecule has 1 aliphatic heterocycles. The molecule has 1 heterocycles. The average Bonchev–Trinajstić information content (AvgIpc) is 2.20. The first kappa shape index (κ1) is 9.47. The van der Waals surface area contributed by atoms with Crippen LogP contribution in [-0.4, -0.2) is 17.6 Å². The Kier molecular flexibility index (Phi) is 3.23. The minimum absolute atomic E-state index is 0.717. The van der Waals surface area contributed by atoms with Crippen LogP contribution in [-0.2, 0) is 0 Å². The molecule has 76 valence electrons. The molecule has 13 heavy (non-hydrogen) atoms. The zero-order valence-corrected chi connectivity index (χ0v) is 8.54. The fourth-order valence-corrected chi connectivity index (χ4v) is 3.00. The third kappa shape index (κ3) is 2.23. The zero-order chi connectivity index (χ0) is 9.10. The molecule has 1 unspecified atom stereocenters. The van der Waals surface area contributed by atoms with Crippen LogP contribution in [0, 0.1) is 5.92 Å². The van der Waals surface area contributed by atoms with Gasteiger partial charge in [0, 0.05) is 12.6 Å². The summed E-state index contributed by atoms with van der Waals surface area (Å²) in [6.07, 6.45) is 11.2. The molecule has 0 radical (unpaired) electrons. The molecular formula is C11H22N2. The molecule has 1 saturated carbocycles. The van der Waals surface area contributed by atoms with E-state index in [-0.39, 0.29) is 0 Å². The van der Waals surface area contributed by atoms with Gasteiger partial charge in [-0.2, -0.15) is 0 Å². The summed E-state index contributed by atoms with van der Waals surface area (Å²) in [5.41, 5.74) is 0. The number of hydrogen-bond acceptors (Lipinski definition) is 2. The maximum Gasteiger partial charge on any atom is 0.0269 e. The zero-order valence-electron chi connectivity index (χ0n) is 8.54. The van der Waals surface area contributed by atoms with Gasteiger partial charge in [0.2, 0.25) is 0 Å². The van der Waals surface area contributed by atoms with E-state index in [0.717, 1.165) is 12.5 Å². The first-order chi connectivity index (χ1) is 6.38. The Bertz CT molecular complexity index is 152. The molecule has 0 aromatic carbocycles. The van der Waals surface area contributed by atoms with E-state index in [1.807, 2.05) is 0 Å². The normalized spacial score (nSPS) is 33.5. The highest BCUT2D eigenvalue weighted by Crippen LogP contribution is 2.32. The molecule has 1 aliphatic carbocycles. The van der Waals surface area contributed by atoms with Gasteiger partial charge in [-0.05, 0) is 31.6 Å². The summed E-state index contributed by atoms with van der Waals surface area (Å²) in [5.74, 6) is 6.96. The second kappa shape index (κ2) is 4.43. The van der Waals surface area contributed by atoms with Crippen LogP contribution >= 0.6 is 0 Å². The van der Waals surface area contributed by atoms with Gasteiger partial charge in [0.05, 0.1) is 0 Å². The molecule has 0 amide bonds. The van der Waals surface area contributed by atoms with Crippen molar-refractivity contribution in [3.63, 3.8) is 0 Å². The summed E-state index contributed by atoms with van der Waals surface area (Å²) >= 11 is 0. The standard InChI is InChI=1S/C11H22N2/c12-13-9-5-4-8-11(13)10-6-2-1-3-7-10/h10-11H,1-9,12H2. The summed E-state index contributed by atoms with van der Waals surface area (Å²) < 4.78 is 0. The van der Waals surface area contributed by atoms with Crippen LogP contribution < -0.4 is 5.84 Å². The summed E-state index contributed by atoms with van der Waals surface area (Å²) in [5, 5.41) is 2.12. The number of piperidine rings is 1. The average molecular weight is 182 g/mol. The number of nitrogens with two attached hydrogens (primary N) is 1. The lowest BCUT2D eigenvalue weighted by atomic mass is 9.80. The molecule has 0 spiro atoms. The number of hydrogen-bond donors (Lipinski definition) is 1. The second-order valence-corrected chi connectivity index (χ2v) is 4.70. The first-order valence-electron chi connectivity index (χ1n) is 5.89. The van der Waals surface area contributed by atoms with E-state index in [9.17, 15) is 0 Å². The van der Waals surface area contributed by atoms with Crippen molar-refractivity contribution in [1.82, 2.24) is 5.01 Å². The van der Waals surface area contributed by atoms with Gasteiger partial charge in [0.15, 0.2) is 0 Å². The van der Waals surface area contributed by atoms with Gasteiger partial charge in [-0.25, -0.2) is 5.01 Å². The number of rotatable bonds is 1. The predicted molar refractivity (Wildman–Crippen MR) is 55.1 cm³/mol. The van der Waals surface area contributed by atoms with E-state index in [4.69, 9.17) is 5.84 Å². The molecule has 0 aromatic rings. The molecule has 0 bridgehead atoms. The summed E-state index contributed by atoms with van der Waals surface area (Å²) in [7, 11) is 0. The van der Waals surface area contributed by atoms with Gasteiger partial charge in [0.25, 0.3) is 0 Å². The summed E-state index contributed by atoms with van der Waals surface area (Å²) in [4.78, 5) is 0. The van der Waals surface area contributed by atoms with Gasteiger partial charge in [-0.3, -0.25) is 5.84 Å². The SMILES string of the molecule is NN1CCCCC1C1CCCCC1. The molecule has 0 aromatic heterocycles. The highest BCUT2D eigenvalue weighted by Gasteiger charge is 2.28. The van der Waals surface area contributed by atoms with Gasteiger partial charge >= 0.3 is 0 Å². The fourth-order valence-electron chi connectivity index (χ4n) is 3.00. The third-order valence-electron chi connectivity index (χ3n) is 3.79. The quantitative estimate of drug-likeness (QED) is 0.630. The molecule has 2 fully saturated rings. The Morgan fingerprint density at radius 2 is 1.54 bits per heavy atom. The molecule has 1 saturated heterocycles. The van der Waals surface area contributed by atoms with E-state index in [1.54, 1.807) is 0 Å². The Morgan fingerprint density at radius 1 is 0.846 bits per heavy atom. The van der Waals surface area contributed by atoms with Crippen LogP contribution in [0.5, 0.6) is 0 Å². The number of hydrazine groups is 1. The van der Waals surface area contributed by atoms with Crippen LogP contribution in [0.25, 0.3) is 0 Å². The smallest absolute Gasteiger partial charge is 0.0269 e.